The third-order valence-electron chi connectivity index (χ3n) is 4.01. The number of amides is 1. The molecule has 0 saturated carbocycles. The van der Waals surface area contributed by atoms with Gasteiger partial charge in [0.15, 0.2) is 0 Å². The summed E-state index contributed by atoms with van der Waals surface area (Å²) < 4.78 is 1.93. The third kappa shape index (κ3) is 3.85. The van der Waals surface area contributed by atoms with Crippen LogP contribution < -0.4 is 10.3 Å². The highest BCUT2D eigenvalue weighted by Gasteiger charge is 2.10. The van der Waals surface area contributed by atoms with Crippen LogP contribution in [0.1, 0.15) is 11.4 Å². The van der Waals surface area contributed by atoms with E-state index < -0.39 is 0 Å². The Kier molecular flexibility index (Phi) is 4.79. The minimum Gasteiger partial charge on any atom is -0.378 e. The molecule has 1 aromatic heterocycles. The summed E-state index contributed by atoms with van der Waals surface area (Å²) in [7, 11) is 5.89. The lowest BCUT2D eigenvalue weighted by molar-refractivity contribution is -0.120. The standard InChI is InChI=1S/C19H21N5O/c1-23(2)15-10-8-14(9-11-15)13-20-22-19(25)12-18-21-16-6-4-5-7-17(16)24(18)3/h4-11,13H,12H2,1-3H3,(H,22,25)/b20-13+. The zero-order valence-corrected chi connectivity index (χ0v) is 14.6. The molecule has 0 aliphatic heterocycles. The molecule has 0 aliphatic rings. The van der Waals surface area contributed by atoms with Crippen LogP contribution in [0, 0.1) is 0 Å². The number of aromatic nitrogens is 2. The highest BCUT2D eigenvalue weighted by molar-refractivity contribution is 5.84. The summed E-state index contributed by atoms with van der Waals surface area (Å²) in [5.41, 5.74) is 6.49. The number of anilines is 1. The summed E-state index contributed by atoms with van der Waals surface area (Å²) in [6.45, 7) is 0. The van der Waals surface area contributed by atoms with Crippen LogP contribution in [0.5, 0.6) is 0 Å². The van der Waals surface area contributed by atoms with Crippen LogP contribution in [0.25, 0.3) is 11.0 Å². The molecule has 0 bridgehead atoms. The van der Waals surface area contributed by atoms with Gasteiger partial charge in [0.05, 0.1) is 23.7 Å². The van der Waals surface area contributed by atoms with E-state index in [9.17, 15) is 4.79 Å². The van der Waals surface area contributed by atoms with Crippen LogP contribution in [-0.2, 0) is 18.3 Å². The molecule has 1 heterocycles. The average Bonchev–Trinajstić information content (AvgIpc) is 2.91. The van der Waals surface area contributed by atoms with Crippen molar-refractivity contribution < 1.29 is 4.79 Å². The number of carbonyl (C=O) groups excluding carboxylic acids is 1. The molecule has 0 radical (unpaired) electrons. The van der Waals surface area contributed by atoms with Crippen molar-refractivity contribution >= 4 is 28.8 Å². The fourth-order valence-corrected chi connectivity index (χ4v) is 2.57. The second-order valence-corrected chi connectivity index (χ2v) is 6.03. The highest BCUT2D eigenvalue weighted by atomic mass is 16.2. The largest absolute Gasteiger partial charge is 0.378 e. The maximum absolute atomic E-state index is 12.1. The monoisotopic (exact) mass is 335 g/mol. The number of rotatable bonds is 5. The van der Waals surface area contributed by atoms with E-state index in [0.717, 1.165) is 22.3 Å². The van der Waals surface area contributed by atoms with Crippen LogP contribution in [-0.4, -0.2) is 35.8 Å². The smallest absolute Gasteiger partial charge is 0.247 e. The lowest BCUT2D eigenvalue weighted by atomic mass is 10.2. The number of hydrogen-bond donors (Lipinski definition) is 1. The summed E-state index contributed by atoms with van der Waals surface area (Å²) in [4.78, 5) is 18.6. The molecule has 128 valence electrons. The first-order chi connectivity index (χ1) is 12.0. The van der Waals surface area contributed by atoms with Crippen molar-refractivity contribution in [1.29, 1.82) is 0 Å². The van der Waals surface area contributed by atoms with Gasteiger partial charge in [0.25, 0.3) is 0 Å². The van der Waals surface area contributed by atoms with E-state index in [4.69, 9.17) is 0 Å². The number of hydrogen-bond acceptors (Lipinski definition) is 4. The van der Waals surface area contributed by atoms with Crippen molar-refractivity contribution in [3.05, 3.63) is 59.9 Å². The molecule has 0 saturated heterocycles. The number of imidazole rings is 1. The van der Waals surface area contributed by atoms with Crippen LogP contribution in [0.15, 0.2) is 53.6 Å². The van der Waals surface area contributed by atoms with E-state index in [0.29, 0.717) is 5.82 Å². The molecule has 3 aromatic rings. The van der Waals surface area contributed by atoms with E-state index in [1.807, 2.05) is 79.1 Å². The fraction of sp³-hybridized carbons (Fsp3) is 0.211. The van der Waals surface area contributed by atoms with E-state index in [2.05, 4.69) is 15.5 Å². The van der Waals surface area contributed by atoms with Crippen LogP contribution in [0.3, 0.4) is 0 Å². The number of fused-ring (bicyclic) bond motifs is 1. The van der Waals surface area contributed by atoms with Gasteiger partial charge in [0.1, 0.15) is 5.82 Å². The Balaban J connectivity index is 1.61. The second kappa shape index (κ2) is 7.17. The molecule has 0 spiro atoms. The van der Waals surface area contributed by atoms with Crippen LogP contribution in [0.2, 0.25) is 0 Å². The van der Waals surface area contributed by atoms with E-state index in [1.165, 1.54) is 0 Å². The number of nitrogens with one attached hydrogen (secondary N) is 1. The first-order valence-corrected chi connectivity index (χ1v) is 8.04. The Hall–Kier alpha value is -3.15. The number of benzene rings is 2. The van der Waals surface area contributed by atoms with E-state index >= 15 is 0 Å². The molecule has 0 aliphatic carbocycles. The maximum Gasteiger partial charge on any atom is 0.247 e. The van der Waals surface area contributed by atoms with Gasteiger partial charge < -0.3 is 9.47 Å². The van der Waals surface area contributed by atoms with E-state index in [1.54, 1.807) is 6.21 Å². The zero-order chi connectivity index (χ0) is 17.8. The number of nitrogens with zero attached hydrogens (tertiary/aromatic N) is 4. The molecular weight excluding hydrogens is 314 g/mol. The Morgan fingerprint density at radius 1 is 1.20 bits per heavy atom. The summed E-state index contributed by atoms with van der Waals surface area (Å²) in [6, 6.07) is 15.7. The van der Waals surface area contributed by atoms with Gasteiger partial charge in [-0.15, -0.1) is 0 Å². The Bertz CT molecular complexity index is 909. The molecule has 1 amide bonds. The quantitative estimate of drug-likeness (QED) is 0.575. The van der Waals surface area contributed by atoms with Gasteiger partial charge in [-0.2, -0.15) is 5.10 Å². The summed E-state index contributed by atoms with van der Waals surface area (Å²) in [6.07, 6.45) is 1.81. The number of para-hydroxylation sites is 2. The molecule has 1 N–H and O–H groups in total. The zero-order valence-electron chi connectivity index (χ0n) is 14.6. The normalized spacial score (nSPS) is 11.2. The van der Waals surface area contributed by atoms with Crippen molar-refractivity contribution in [2.45, 2.75) is 6.42 Å². The molecule has 6 heteroatoms. The minimum absolute atomic E-state index is 0.183. The van der Waals surface area contributed by atoms with Gasteiger partial charge in [-0.1, -0.05) is 24.3 Å². The van der Waals surface area contributed by atoms with Gasteiger partial charge in [0.2, 0.25) is 5.91 Å². The molecule has 6 nitrogen and oxygen atoms in total. The SMILES string of the molecule is CN(C)c1ccc(/C=N/NC(=O)Cc2nc3ccccc3n2C)cc1. The van der Waals surface area contributed by atoms with Crippen molar-refractivity contribution in [3.63, 3.8) is 0 Å². The Morgan fingerprint density at radius 2 is 1.92 bits per heavy atom. The number of carbonyl (C=O) groups is 1. The summed E-state index contributed by atoms with van der Waals surface area (Å²) >= 11 is 0. The first-order valence-electron chi connectivity index (χ1n) is 8.04. The maximum atomic E-state index is 12.1. The second-order valence-electron chi connectivity index (χ2n) is 6.03. The van der Waals surface area contributed by atoms with Gasteiger partial charge in [-0.3, -0.25) is 4.79 Å². The van der Waals surface area contributed by atoms with Gasteiger partial charge in [0, 0.05) is 26.8 Å². The number of aryl methyl sites for hydroxylation is 1. The van der Waals surface area contributed by atoms with Crippen LogP contribution >= 0.6 is 0 Å². The van der Waals surface area contributed by atoms with Gasteiger partial charge in [-0.25, -0.2) is 10.4 Å². The molecule has 2 aromatic carbocycles. The summed E-state index contributed by atoms with van der Waals surface area (Å²) in [5, 5.41) is 4.02. The average molecular weight is 335 g/mol. The highest BCUT2D eigenvalue weighted by Crippen LogP contribution is 2.14. The molecule has 3 rings (SSSR count). The third-order valence-corrected chi connectivity index (χ3v) is 4.01. The first kappa shape index (κ1) is 16.7. The molecule has 0 atom stereocenters. The number of hydrazone groups is 1. The lowest BCUT2D eigenvalue weighted by Crippen LogP contribution is -2.21. The van der Waals surface area contributed by atoms with Gasteiger partial charge >= 0.3 is 0 Å². The van der Waals surface area contributed by atoms with E-state index in [-0.39, 0.29) is 12.3 Å². The van der Waals surface area contributed by atoms with Crippen molar-refractivity contribution in [1.82, 2.24) is 15.0 Å². The molecular formula is C19H21N5O. The Labute approximate surface area is 146 Å². The lowest BCUT2D eigenvalue weighted by Gasteiger charge is -2.11. The van der Waals surface area contributed by atoms with Gasteiger partial charge in [-0.05, 0) is 29.8 Å². The predicted molar refractivity (Wildman–Crippen MR) is 101 cm³/mol. The predicted octanol–water partition coefficient (Wildman–Crippen LogP) is 2.33. The molecule has 25 heavy (non-hydrogen) atoms. The van der Waals surface area contributed by atoms with Crippen LogP contribution in [0.4, 0.5) is 5.69 Å². The summed E-state index contributed by atoms with van der Waals surface area (Å²) in [5.74, 6) is 0.517. The fourth-order valence-electron chi connectivity index (χ4n) is 2.57. The topological polar surface area (TPSA) is 62.5 Å². The molecule has 0 fully saturated rings. The van der Waals surface area contributed by atoms with Crippen molar-refractivity contribution in [2.24, 2.45) is 12.1 Å². The van der Waals surface area contributed by atoms with Crippen molar-refractivity contribution in [3.8, 4) is 0 Å². The molecule has 0 unspecified atom stereocenters. The van der Waals surface area contributed by atoms with Crippen molar-refractivity contribution in [2.75, 3.05) is 19.0 Å². The Morgan fingerprint density at radius 3 is 2.60 bits per heavy atom. The minimum atomic E-state index is -0.195.